The van der Waals surface area contributed by atoms with E-state index in [4.69, 9.17) is 0 Å². The van der Waals surface area contributed by atoms with Crippen LogP contribution in [0.5, 0.6) is 5.75 Å². The molecule has 146 valence electrons. The number of halogens is 5. The maximum absolute atomic E-state index is 13.5. The van der Waals surface area contributed by atoms with E-state index in [0.717, 1.165) is 31.4 Å². The third-order valence-corrected chi connectivity index (χ3v) is 3.28. The lowest BCUT2D eigenvalue weighted by Gasteiger charge is -2.13. The number of urea groups is 1. The van der Waals surface area contributed by atoms with Crippen LogP contribution in [0.1, 0.15) is 5.56 Å². The topological polar surface area (TPSA) is 75.3 Å². The molecule has 0 aliphatic heterocycles. The number of benzene rings is 1. The predicted molar refractivity (Wildman–Crippen MR) is 87.7 cm³/mol. The van der Waals surface area contributed by atoms with E-state index in [2.05, 4.69) is 25.7 Å². The van der Waals surface area contributed by atoms with Gasteiger partial charge in [-0.2, -0.15) is 13.2 Å². The Labute approximate surface area is 150 Å². The van der Waals surface area contributed by atoms with Gasteiger partial charge in [0.1, 0.15) is 5.82 Å². The molecule has 1 heterocycles. The molecule has 3 N–H and O–H groups in total. The smallest absolute Gasteiger partial charge is 0.419 e. The fraction of sp³-hybridized carbons (Fsp3) is 0.250. The molecular weight excluding hydrogens is 375 g/mol. The number of ether oxygens (including phenoxy) is 1. The third-order valence-electron chi connectivity index (χ3n) is 3.28. The van der Waals surface area contributed by atoms with E-state index in [-0.39, 0.29) is 24.6 Å². The van der Waals surface area contributed by atoms with Crippen LogP contribution >= 0.6 is 0 Å². The molecule has 0 aliphatic carbocycles. The summed E-state index contributed by atoms with van der Waals surface area (Å²) in [7, 11) is 1.10. The summed E-state index contributed by atoms with van der Waals surface area (Å²) in [6.45, 7) is -0.125. The lowest BCUT2D eigenvalue weighted by atomic mass is 10.2. The second-order valence-corrected chi connectivity index (χ2v) is 5.18. The Bertz CT molecular complexity index is 791. The first-order valence-corrected chi connectivity index (χ1v) is 7.56. The van der Waals surface area contributed by atoms with Crippen molar-refractivity contribution in [3.8, 4) is 5.75 Å². The molecule has 1 aromatic carbocycles. The minimum atomic E-state index is -4.57. The SMILES string of the molecule is COc1c(F)cc(NC(=O)NCCNc2ncccc2C(F)(F)F)cc1F. The van der Waals surface area contributed by atoms with Crippen molar-refractivity contribution in [3.05, 3.63) is 47.7 Å². The van der Waals surface area contributed by atoms with Gasteiger partial charge in [0.2, 0.25) is 0 Å². The zero-order valence-corrected chi connectivity index (χ0v) is 14.0. The Morgan fingerprint density at radius 3 is 2.44 bits per heavy atom. The number of amides is 2. The number of nitrogens with one attached hydrogen (secondary N) is 3. The van der Waals surface area contributed by atoms with Gasteiger partial charge in [-0.1, -0.05) is 0 Å². The minimum Gasteiger partial charge on any atom is -0.491 e. The van der Waals surface area contributed by atoms with Crippen molar-refractivity contribution in [1.82, 2.24) is 10.3 Å². The molecule has 0 radical (unpaired) electrons. The number of methoxy groups -OCH3 is 1. The summed E-state index contributed by atoms with van der Waals surface area (Å²) in [5, 5.41) is 6.99. The van der Waals surface area contributed by atoms with Crippen molar-refractivity contribution < 1.29 is 31.5 Å². The summed E-state index contributed by atoms with van der Waals surface area (Å²) in [5.74, 6) is -2.94. The molecule has 11 heteroatoms. The van der Waals surface area contributed by atoms with Gasteiger partial charge in [0.05, 0.1) is 12.7 Å². The molecule has 1 aromatic heterocycles. The number of pyridine rings is 1. The largest absolute Gasteiger partial charge is 0.491 e. The van der Waals surface area contributed by atoms with Gasteiger partial charge in [0.25, 0.3) is 0 Å². The number of hydrogen-bond acceptors (Lipinski definition) is 4. The summed E-state index contributed by atoms with van der Waals surface area (Å²) >= 11 is 0. The van der Waals surface area contributed by atoms with Gasteiger partial charge in [-0.25, -0.2) is 18.6 Å². The average Bonchev–Trinajstić information content (AvgIpc) is 2.58. The van der Waals surface area contributed by atoms with Crippen LogP contribution in [0.15, 0.2) is 30.5 Å². The van der Waals surface area contributed by atoms with Gasteiger partial charge in [0, 0.05) is 37.1 Å². The first-order valence-electron chi connectivity index (χ1n) is 7.56. The molecule has 0 fully saturated rings. The number of anilines is 2. The quantitative estimate of drug-likeness (QED) is 0.520. The highest BCUT2D eigenvalue weighted by Gasteiger charge is 2.33. The predicted octanol–water partition coefficient (Wildman–Crippen LogP) is 3.62. The van der Waals surface area contributed by atoms with Crippen LogP contribution in [0.25, 0.3) is 0 Å². The number of nitrogens with zero attached hydrogens (tertiary/aromatic N) is 1. The molecule has 0 spiro atoms. The molecule has 0 saturated carbocycles. The molecule has 0 atom stereocenters. The van der Waals surface area contributed by atoms with E-state index in [1.807, 2.05) is 0 Å². The summed E-state index contributed by atoms with van der Waals surface area (Å²) in [4.78, 5) is 15.3. The van der Waals surface area contributed by atoms with Crippen molar-refractivity contribution in [3.63, 3.8) is 0 Å². The van der Waals surface area contributed by atoms with Crippen LogP contribution in [0.2, 0.25) is 0 Å². The fourth-order valence-electron chi connectivity index (χ4n) is 2.13. The molecule has 0 saturated heterocycles. The van der Waals surface area contributed by atoms with E-state index in [1.54, 1.807) is 0 Å². The first-order chi connectivity index (χ1) is 12.7. The van der Waals surface area contributed by atoms with E-state index in [1.165, 1.54) is 6.20 Å². The number of carbonyl (C=O) groups excluding carboxylic acids is 1. The number of carbonyl (C=O) groups is 1. The number of alkyl halides is 3. The molecule has 0 bridgehead atoms. The second-order valence-electron chi connectivity index (χ2n) is 5.18. The zero-order valence-electron chi connectivity index (χ0n) is 14.0. The Kier molecular flexibility index (Phi) is 6.37. The van der Waals surface area contributed by atoms with Crippen LogP contribution in [-0.2, 0) is 6.18 Å². The molecule has 6 nitrogen and oxygen atoms in total. The normalized spacial score (nSPS) is 11.0. The molecule has 0 unspecified atom stereocenters. The average molecular weight is 390 g/mol. The van der Waals surface area contributed by atoms with E-state index < -0.39 is 35.2 Å². The minimum absolute atomic E-state index is 0.0567. The van der Waals surface area contributed by atoms with Crippen molar-refractivity contribution in [2.45, 2.75) is 6.18 Å². The van der Waals surface area contributed by atoms with Gasteiger partial charge in [0.15, 0.2) is 17.4 Å². The lowest BCUT2D eigenvalue weighted by Crippen LogP contribution is -2.33. The van der Waals surface area contributed by atoms with Gasteiger partial charge in [-0.15, -0.1) is 0 Å². The van der Waals surface area contributed by atoms with E-state index in [9.17, 15) is 26.7 Å². The van der Waals surface area contributed by atoms with Crippen molar-refractivity contribution in [2.24, 2.45) is 0 Å². The van der Waals surface area contributed by atoms with Crippen molar-refractivity contribution >= 4 is 17.5 Å². The molecule has 2 rings (SSSR count). The van der Waals surface area contributed by atoms with Crippen LogP contribution in [0, 0.1) is 11.6 Å². The highest BCUT2D eigenvalue weighted by Crippen LogP contribution is 2.33. The van der Waals surface area contributed by atoms with Crippen LogP contribution in [-0.4, -0.2) is 31.2 Å². The zero-order chi connectivity index (χ0) is 20.0. The van der Waals surface area contributed by atoms with Crippen molar-refractivity contribution in [2.75, 3.05) is 30.8 Å². The van der Waals surface area contributed by atoms with Gasteiger partial charge >= 0.3 is 12.2 Å². The molecule has 0 aliphatic rings. The van der Waals surface area contributed by atoms with E-state index >= 15 is 0 Å². The number of rotatable bonds is 6. The summed E-state index contributed by atoms with van der Waals surface area (Å²) in [6, 6.07) is 2.97. The first kappa shape index (κ1) is 20.2. The molecular formula is C16H15F5N4O2. The van der Waals surface area contributed by atoms with Gasteiger partial charge in [-0.05, 0) is 12.1 Å². The van der Waals surface area contributed by atoms with Gasteiger partial charge < -0.3 is 20.7 Å². The van der Waals surface area contributed by atoms with Crippen LogP contribution < -0.4 is 20.7 Å². The Balaban J connectivity index is 1.86. The molecule has 2 amide bonds. The molecule has 2 aromatic rings. The fourth-order valence-corrected chi connectivity index (χ4v) is 2.13. The Morgan fingerprint density at radius 1 is 1.19 bits per heavy atom. The third kappa shape index (κ3) is 5.43. The summed E-state index contributed by atoms with van der Waals surface area (Å²) < 4.78 is 70.1. The maximum Gasteiger partial charge on any atom is 0.419 e. The highest BCUT2D eigenvalue weighted by molar-refractivity contribution is 5.89. The standard InChI is InChI=1S/C16H15F5N4O2/c1-27-13-11(17)7-9(8-12(13)18)25-15(26)24-6-5-23-14-10(16(19,20)21)3-2-4-22-14/h2-4,7-8H,5-6H2,1H3,(H,22,23)(H2,24,25,26). The Morgan fingerprint density at radius 2 is 1.85 bits per heavy atom. The summed E-state index contributed by atoms with van der Waals surface area (Å²) in [6.07, 6.45) is -3.37. The lowest BCUT2D eigenvalue weighted by molar-refractivity contribution is -0.137. The summed E-state index contributed by atoms with van der Waals surface area (Å²) in [5.41, 5.74) is -1.08. The number of aromatic nitrogens is 1. The number of hydrogen-bond donors (Lipinski definition) is 3. The maximum atomic E-state index is 13.5. The van der Waals surface area contributed by atoms with Crippen LogP contribution in [0.3, 0.4) is 0 Å². The van der Waals surface area contributed by atoms with Crippen molar-refractivity contribution in [1.29, 1.82) is 0 Å². The van der Waals surface area contributed by atoms with E-state index in [0.29, 0.717) is 0 Å². The Hall–Kier alpha value is -3.11. The van der Waals surface area contributed by atoms with Gasteiger partial charge in [-0.3, -0.25) is 0 Å². The van der Waals surface area contributed by atoms with Crippen LogP contribution in [0.4, 0.5) is 38.3 Å². The molecule has 27 heavy (non-hydrogen) atoms. The second kappa shape index (κ2) is 8.52. The highest BCUT2D eigenvalue weighted by atomic mass is 19.4. The monoisotopic (exact) mass is 390 g/mol.